The summed E-state index contributed by atoms with van der Waals surface area (Å²) >= 11 is 0. The minimum absolute atomic E-state index is 0.241. The van der Waals surface area contributed by atoms with Crippen molar-refractivity contribution < 1.29 is 14.2 Å². The fraction of sp³-hybridized carbons (Fsp3) is 1.00. The Labute approximate surface area is 115 Å². The van der Waals surface area contributed by atoms with Crippen LogP contribution in [0.25, 0.3) is 0 Å². The average molecular weight is 267 g/mol. The molecule has 19 heavy (non-hydrogen) atoms. The van der Waals surface area contributed by atoms with Crippen molar-refractivity contribution in [1.82, 2.24) is 4.90 Å². The van der Waals surface area contributed by atoms with Crippen molar-refractivity contribution in [3.63, 3.8) is 0 Å². The number of ether oxygens (including phenoxy) is 3. The lowest BCUT2D eigenvalue weighted by Crippen LogP contribution is -2.57. The van der Waals surface area contributed by atoms with Crippen LogP contribution in [-0.2, 0) is 14.2 Å². The maximum absolute atomic E-state index is 6.05. The zero-order valence-corrected chi connectivity index (χ0v) is 11.7. The van der Waals surface area contributed by atoms with Gasteiger partial charge in [0, 0.05) is 19.1 Å². The molecule has 4 rings (SSSR count). The smallest absolute Gasteiger partial charge is 0.181 e. The summed E-state index contributed by atoms with van der Waals surface area (Å²) in [5.74, 6) is -0.274. The Bertz CT molecular complexity index is 336. The van der Waals surface area contributed by atoms with Crippen molar-refractivity contribution in [3.05, 3.63) is 0 Å². The molecule has 0 aromatic rings. The highest BCUT2D eigenvalue weighted by Gasteiger charge is 2.47. The standard InChI is InChI=1S/C15H25NO3/c1-4-14(5-1)11-13(3-8-17-14)16-7-2-6-15(12-16)18-9-10-19-15/h13H,1-12H2. The molecule has 0 radical (unpaired) electrons. The van der Waals surface area contributed by atoms with Crippen LogP contribution in [0.2, 0.25) is 0 Å². The van der Waals surface area contributed by atoms with Crippen LogP contribution in [0.5, 0.6) is 0 Å². The van der Waals surface area contributed by atoms with Crippen LogP contribution in [0.4, 0.5) is 0 Å². The normalized spacial score (nSPS) is 37.6. The van der Waals surface area contributed by atoms with E-state index in [9.17, 15) is 0 Å². The molecule has 0 bridgehead atoms. The summed E-state index contributed by atoms with van der Waals surface area (Å²) < 4.78 is 17.8. The molecular weight excluding hydrogens is 242 g/mol. The van der Waals surface area contributed by atoms with Gasteiger partial charge in [0.1, 0.15) is 0 Å². The van der Waals surface area contributed by atoms with Crippen LogP contribution in [0.1, 0.15) is 44.9 Å². The first kappa shape index (κ1) is 12.6. The van der Waals surface area contributed by atoms with Crippen LogP contribution in [0, 0.1) is 0 Å². The SMILES string of the molecule is C1CC2(C1)CC(N1CCCC3(C1)OCCO3)CCO2. The predicted molar refractivity (Wildman–Crippen MR) is 71.0 cm³/mol. The van der Waals surface area contributed by atoms with Gasteiger partial charge in [-0.25, -0.2) is 0 Å². The highest BCUT2D eigenvalue weighted by Crippen LogP contribution is 2.44. The Balaban J connectivity index is 1.43. The molecule has 0 aromatic carbocycles. The third-order valence-corrected chi connectivity index (χ3v) is 5.51. The lowest BCUT2D eigenvalue weighted by Gasteiger charge is -2.51. The highest BCUT2D eigenvalue weighted by atomic mass is 16.7. The van der Waals surface area contributed by atoms with Crippen LogP contribution >= 0.6 is 0 Å². The molecule has 0 N–H and O–H groups in total. The molecule has 0 amide bonds. The van der Waals surface area contributed by atoms with E-state index in [1.54, 1.807) is 0 Å². The average Bonchev–Trinajstić information content (AvgIpc) is 2.85. The van der Waals surface area contributed by atoms with Gasteiger partial charge < -0.3 is 14.2 Å². The molecule has 1 aliphatic carbocycles. The summed E-state index contributed by atoms with van der Waals surface area (Å²) in [4.78, 5) is 2.62. The van der Waals surface area contributed by atoms with Gasteiger partial charge in [0.2, 0.25) is 0 Å². The molecule has 3 heterocycles. The first-order chi connectivity index (χ1) is 9.29. The maximum atomic E-state index is 6.05. The summed E-state index contributed by atoms with van der Waals surface area (Å²) in [6.07, 6.45) is 8.57. The van der Waals surface area contributed by atoms with E-state index in [-0.39, 0.29) is 11.4 Å². The van der Waals surface area contributed by atoms with Crippen LogP contribution < -0.4 is 0 Å². The van der Waals surface area contributed by atoms with E-state index < -0.39 is 0 Å². The number of hydrogen-bond donors (Lipinski definition) is 0. The fourth-order valence-electron chi connectivity index (χ4n) is 4.30. The van der Waals surface area contributed by atoms with Crippen LogP contribution in [0.3, 0.4) is 0 Å². The molecule has 3 aliphatic heterocycles. The Hall–Kier alpha value is -0.160. The quantitative estimate of drug-likeness (QED) is 0.726. The Kier molecular flexibility index (Phi) is 3.10. The first-order valence-electron chi connectivity index (χ1n) is 7.95. The third kappa shape index (κ3) is 2.23. The number of hydrogen-bond acceptors (Lipinski definition) is 4. The maximum Gasteiger partial charge on any atom is 0.181 e. The van der Waals surface area contributed by atoms with E-state index in [0.717, 1.165) is 32.8 Å². The van der Waals surface area contributed by atoms with Crippen molar-refractivity contribution in [2.45, 2.75) is 62.4 Å². The van der Waals surface area contributed by atoms with Gasteiger partial charge >= 0.3 is 0 Å². The monoisotopic (exact) mass is 267 g/mol. The Morgan fingerprint density at radius 2 is 1.74 bits per heavy atom. The van der Waals surface area contributed by atoms with Gasteiger partial charge in [-0.2, -0.15) is 0 Å². The Morgan fingerprint density at radius 3 is 2.47 bits per heavy atom. The second kappa shape index (κ2) is 4.69. The molecule has 3 saturated heterocycles. The number of likely N-dealkylation sites (tertiary alicyclic amines) is 1. The summed E-state index contributed by atoms with van der Waals surface area (Å²) in [7, 11) is 0. The zero-order chi connectivity index (χ0) is 12.8. The first-order valence-corrected chi connectivity index (χ1v) is 7.95. The molecule has 108 valence electrons. The minimum Gasteiger partial charge on any atom is -0.375 e. The van der Waals surface area contributed by atoms with Crippen LogP contribution in [0.15, 0.2) is 0 Å². The molecule has 4 nitrogen and oxygen atoms in total. The highest BCUT2D eigenvalue weighted by molar-refractivity contribution is 4.98. The van der Waals surface area contributed by atoms with Crippen molar-refractivity contribution >= 4 is 0 Å². The zero-order valence-electron chi connectivity index (χ0n) is 11.7. The molecular formula is C15H25NO3. The molecule has 0 aromatic heterocycles. The van der Waals surface area contributed by atoms with Crippen molar-refractivity contribution in [2.24, 2.45) is 0 Å². The largest absolute Gasteiger partial charge is 0.375 e. The molecule has 4 aliphatic rings. The van der Waals surface area contributed by atoms with E-state index >= 15 is 0 Å². The third-order valence-electron chi connectivity index (χ3n) is 5.51. The van der Waals surface area contributed by atoms with Crippen molar-refractivity contribution in [3.8, 4) is 0 Å². The molecule has 2 spiro atoms. The molecule has 1 saturated carbocycles. The minimum atomic E-state index is -0.274. The van der Waals surface area contributed by atoms with Gasteiger partial charge in [0.25, 0.3) is 0 Å². The second-order valence-electron chi connectivity index (χ2n) is 6.71. The van der Waals surface area contributed by atoms with Crippen molar-refractivity contribution in [2.75, 3.05) is 32.9 Å². The number of nitrogens with zero attached hydrogens (tertiary/aromatic N) is 1. The number of rotatable bonds is 1. The fourth-order valence-corrected chi connectivity index (χ4v) is 4.30. The Morgan fingerprint density at radius 1 is 0.895 bits per heavy atom. The van der Waals surface area contributed by atoms with Gasteiger partial charge in [-0.1, -0.05) is 0 Å². The molecule has 4 heteroatoms. The van der Waals surface area contributed by atoms with Gasteiger partial charge in [-0.3, -0.25) is 4.90 Å². The second-order valence-corrected chi connectivity index (χ2v) is 6.71. The van der Waals surface area contributed by atoms with E-state index in [0.29, 0.717) is 6.04 Å². The summed E-state index contributed by atoms with van der Waals surface area (Å²) in [6.45, 7) is 4.65. The molecule has 1 atom stereocenters. The van der Waals surface area contributed by atoms with Crippen molar-refractivity contribution in [1.29, 1.82) is 0 Å². The lowest BCUT2D eigenvalue weighted by atomic mass is 9.73. The van der Waals surface area contributed by atoms with E-state index in [4.69, 9.17) is 14.2 Å². The molecule has 4 fully saturated rings. The van der Waals surface area contributed by atoms with E-state index in [2.05, 4.69) is 4.90 Å². The number of piperidine rings is 1. The summed E-state index contributed by atoms with van der Waals surface area (Å²) in [6, 6.07) is 0.680. The predicted octanol–water partition coefficient (Wildman–Crippen LogP) is 1.93. The van der Waals surface area contributed by atoms with E-state index in [1.807, 2.05) is 0 Å². The van der Waals surface area contributed by atoms with Gasteiger partial charge in [-0.15, -0.1) is 0 Å². The van der Waals surface area contributed by atoms with Crippen LogP contribution in [-0.4, -0.2) is 55.2 Å². The topological polar surface area (TPSA) is 30.9 Å². The summed E-state index contributed by atoms with van der Waals surface area (Å²) in [5.41, 5.74) is 0.241. The van der Waals surface area contributed by atoms with Gasteiger partial charge in [-0.05, 0) is 45.1 Å². The lowest BCUT2D eigenvalue weighted by molar-refractivity contribution is -0.207. The van der Waals surface area contributed by atoms with Gasteiger partial charge in [0.15, 0.2) is 5.79 Å². The molecule has 1 unspecified atom stereocenters. The van der Waals surface area contributed by atoms with Gasteiger partial charge in [0.05, 0.1) is 25.4 Å². The van der Waals surface area contributed by atoms with E-state index in [1.165, 1.54) is 45.1 Å². The summed E-state index contributed by atoms with van der Waals surface area (Å²) in [5, 5.41) is 0.